The van der Waals surface area contributed by atoms with Gasteiger partial charge in [0.2, 0.25) is 5.91 Å². The van der Waals surface area contributed by atoms with Crippen molar-refractivity contribution in [3.05, 3.63) is 51.7 Å². The maximum absolute atomic E-state index is 13.0. The van der Waals surface area contributed by atoms with Crippen molar-refractivity contribution in [3.63, 3.8) is 0 Å². The van der Waals surface area contributed by atoms with Crippen molar-refractivity contribution in [2.75, 3.05) is 0 Å². The van der Waals surface area contributed by atoms with Gasteiger partial charge in [0.25, 0.3) is 0 Å². The van der Waals surface area contributed by atoms with Gasteiger partial charge in [-0.2, -0.15) is 5.10 Å². The number of aryl methyl sites for hydroxylation is 1. The van der Waals surface area contributed by atoms with Crippen molar-refractivity contribution >= 4 is 23.0 Å². The van der Waals surface area contributed by atoms with Crippen LogP contribution in [-0.4, -0.2) is 16.6 Å². The maximum atomic E-state index is 13.0. The second-order valence-corrected chi connectivity index (χ2v) is 6.21. The molecule has 1 aromatic heterocycles. The van der Waals surface area contributed by atoms with Gasteiger partial charge in [-0.15, -0.1) is 11.3 Å². The molecule has 0 atom stereocenters. The number of amides is 1. The van der Waals surface area contributed by atoms with E-state index < -0.39 is 0 Å². The molecule has 0 spiro atoms. The fourth-order valence-corrected chi connectivity index (χ4v) is 2.81. The number of carbonyl (C=O) groups excluding carboxylic acids is 1. The molecule has 0 saturated heterocycles. The topological polar surface area (TPSA) is 54.4 Å². The number of nitrogens with one attached hydrogen (secondary N) is 1. The highest BCUT2D eigenvalue weighted by Gasteiger charge is 2.08. The number of carbonyl (C=O) groups is 1. The molecular formula is C17H20FN3OS. The van der Waals surface area contributed by atoms with Crippen molar-refractivity contribution < 1.29 is 9.18 Å². The quantitative estimate of drug-likeness (QED) is 0.618. The van der Waals surface area contributed by atoms with Gasteiger partial charge in [-0.1, -0.05) is 25.5 Å². The number of hydrogen-bond acceptors (Lipinski definition) is 4. The molecule has 0 bridgehead atoms. The molecule has 1 amide bonds. The fourth-order valence-electron chi connectivity index (χ4n) is 2.04. The summed E-state index contributed by atoms with van der Waals surface area (Å²) >= 11 is 1.46. The third-order valence-corrected chi connectivity index (χ3v) is 4.21. The van der Waals surface area contributed by atoms with Crippen LogP contribution in [0.4, 0.5) is 4.39 Å². The molecular weight excluding hydrogens is 313 g/mol. The van der Waals surface area contributed by atoms with Crippen molar-refractivity contribution in [1.82, 2.24) is 10.4 Å². The summed E-state index contributed by atoms with van der Waals surface area (Å²) in [5.74, 6) is -0.484. The molecule has 0 unspecified atom stereocenters. The van der Waals surface area contributed by atoms with Crippen molar-refractivity contribution in [1.29, 1.82) is 0 Å². The van der Waals surface area contributed by atoms with Crippen LogP contribution in [0.3, 0.4) is 0 Å². The molecule has 1 heterocycles. The van der Waals surface area contributed by atoms with Gasteiger partial charge in [0.15, 0.2) is 0 Å². The van der Waals surface area contributed by atoms with Crippen molar-refractivity contribution in [3.8, 4) is 0 Å². The van der Waals surface area contributed by atoms with Crippen LogP contribution in [-0.2, 0) is 11.2 Å². The van der Waals surface area contributed by atoms with E-state index in [1.54, 1.807) is 12.1 Å². The Balaban J connectivity index is 2.04. The summed E-state index contributed by atoms with van der Waals surface area (Å²) in [7, 11) is 0. The van der Waals surface area contributed by atoms with Gasteiger partial charge in [-0.25, -0.2) is 14.8 Å². The zero-order valence-electron chi connectivity index (χ0n) is 13.3. The summed E-state index contributed by atoms with van der Waals surface area (Å²) in [5, 5.41) is 6.92. The van der Waals surface area contributed by atoms with Gasteiger partial charge in [0, 0.05) is 11.1 Å². The van der Waals surface area contributed by atoms with E-state index in [2.05, 4.69) is 22.4 Å². The first-order chi connectivity index (χ1) is 11.1. The Morgan fingerprint density at radius 1 is 1.35 bits per heavy atom. The number of aromatic nitrogens is 1. The van der Waals surface area contributed by atoms with Crippen LogP contribution in [0.1, 0.15) is 42.5 Å². The average molecular weight is 333 g/mol. The number of thiazole rings is 1. The molecule has 0 aliphatic heterocycles. The van der Waals surface area contributed by atoms with E-state index >= 15 is 0 Å². The van der Waals surface area contributed by atoms with Gasteiger partial charge < -0.3 is 0 Å². The first-order valence-electron chi connectivity index (χ1n) is 7.61. The zero-order chi connectivity index (χ0) is 16.7. The van der Waals surface area contributed by atoms with Crippen LogP contribution in [0.25, 0.3) is 0 Å². The Labute approximate surface area is 139 Å². The van der Waals surface area contributed by atoms with E-state index in [4.69, 9.17) is 0 Å². The Bertz CT molecular complexity index is 679. The zero-order valence-corrected chi connectivity index (χ0v) is 14.1. The van der Waals surface area contributed by atoms with Gasteiger partial charge in [0.05, 0.1) is 12.1 Å². The molecule has 0 aliphatic carbocycles. The van der Waals surface area contributed by atoms with Gasteiger partial charge >= 0.3 is 0 Å². The van der Waals surface area contributed by atoms with E-state index in [-0.39, 0.29) is 18.1 Å². The van der Waals surface area contributed by atoms with E-state index in [1.165, 1.54) is 23.5 Å². The molecule has 1 aromatic carbocycles. The van der Waals surface area contributed by atoms with Crippen molar-refractivity contribution in [2.45, 2.75) is 39.5 Å². The molecule has 23 heavy (non-hydrogen) atoms. The number of rotatable bonds is 7. The lowest BCUT2D eigenvalue weighted by Crippen LogP contribution is -2.22. The first kappa shape index (κ1) is 17.3. The van der Waals surface area contributed by atoms with Crippen molar-refractivity contribution in [2.24, 2.45) is 5.10 Å². The highest BCUT2D eigenvalue weighted by Crippen LogP contribution is 2.11. The lowest BCUT2D eigenvalue weighted by atomic mass is 10.1. The molecule has 1 N–H and O–H groups in total. The van der Waals surface area contributed by atoms with Gasteiger partial charge in [-0.3, -0.25) is 4.79 Å². The normalized spacial score (nSPS) is 11.5. The summed E-state index contributed by atoms with van der Waals surface area (Å²) in [4.78, 5) is 16.2. The highest BCUT2D eigenvalue weighted by atomic mass is 32.1. The molecule has 2 aromatic rings. The lowest BCUT2D eigenvalue weighted by Gasteiger charge is -2.07. The summed E-state index contributed by atoms with van der Waals surface area (Å²) in [5.41, 5.74) is 5.08. The average Bonchev–Trinajstić information content (AvgIpc) is 2.93. The van der Waals surface area contributed by atoms with Crippen LogP contribution in [0.2, 0.25) is 0 Å². The molecule has 6 heteroatoms. The third-order valence-electron chi connectivity index (χ3n) is 3.24. The monoisotopic (exact) mass is 333 g/mol. The van der Waals surface area contributed by atoms with Crippen LogP contribution in [0.15, 0.2) is 34.7 Å². The number of unbranched alkanes of at least 4 members (excludes halogenated alkanes) is 1. The summed E-state index contributed by atoms with van der Waals surface area (Å²) in [6.07, 6.45) is 2.93. The van der Waals surface area contributed by atoms with E-state index in [0.29, 0.717) is 0 Å². The molecule has 0 aliphatic rings. The fraction of sp³-hybridized carbons (Fsp3) is 0.353. The minimum Gasteiger partial charge on any atom is -0.273 e. The van der Waals surface area contributed by atoms with E-state index in [1.807, 2.05) is 12.3 Å². The second kappa shape index (κ2) is 8.53. The minimum atomic E-state index is -0.285. The molecule has 2 rings (SSSR count). The standard InChI is InChI=1S/C17H20FN3OS/c1-3-4-5-15(13-6-8-14(18)9-7-13)20-21-16(22)10-17-19-12(2)11-23-17/h6-9,11H,3-5,10H2,1-2H3,(H,21,22)/b20-15-. The van der Waals surface area contributed by atoms with Crippen LogP contribution in [0, 0.1) is 12.7 Å². The highest BCUT2D eigenvalue weighted by molar-refractivity contribution is 7.09. The summed E-state index contributed by atoms with van der Waals surface area (Å²) in [6, 6.07) is 6.16. The summed E-state index contributed by atoms with van der Waals surface area (Å²) < 4.78 is 13.0. The Morgan fingerprint density at radius 3 is 2.70 bits per heavy atom. The molecule has 4 nitrogen and oxygen atoms in total. The van der Waals surface area contributed by atoms with Gasteiger partial charge in [0.1, 0.15) is 10.8 Å². The van der Waals surface area contributed by atoms with Crippen LogP contribution in [0.5, 0.6) is 0 Å². The number of hydrazone groups is 1. The Hall–Kier alpha value is -2.08. The number of nitrogens with zero attached hydrogens (tertiary/aromatic N) is 2. The van der Waals surface area contributed by atoms with E-state index in [9.17, 15) is 9.18 Å². The molecule has 0 radical (unpaired) electrons. The predicted molar refractivity (Wildman–Crippen MR) is 91.2 cm³/mol. The molecule has 122 valence electrons. The maximum Gasteiger partial charge on any atom is 0.246 e. The smallest absolute Gasteiger partial charge is 0.246 e. The Kier molecular flexibility index (Phi) is 6.40. The second-order valence-electron chi connectivity index (χ2n) is 5.26. The SMILES string of the molecule is CCCC/C(=N/NC(=O)Cc1nc(C)cs1)c1ccc(F)cc1. The van der Waals surface area contributed by atoms with Crippen LogP contribution < -0.4 is 5.43 Å². The lowest BCUT2D eigenvalue weighted by molar-refractivity contribution is -0.120. The largest absolute Gasteiger partial charge is 0.273 e. The number of halogens is 1. The number of benzene rings is 1. The van der Waals surface area contributed by atoms with Crippen LogP contribution >= 0.6 is 11.3 Å². The first-order valence-corrected chi connectivity index (χ1v) is 8.48. The molecule has 0 fully saturated rings. The predicted octanol–water partition coefficient (Wildman–Crippen LogP) is 3.84. The van der Waals surface area contributed by atoms with Gasteiger partial charge in [-0.05, 0) is 37.5 Å². The minimum absolute atomic E-state index is 0.199. The third kappa shape index (κ3) is 5.56. The summed E-state index contributed by atoms with van der Waals surface area (Å²) in [6.45, 7) is 3.99. The van der Waals surface area contributed by atoms with E-state index in [0.717, 1.165) is 41.2 Å². The number of hydrogen-bond donors (Lipinski definition) is 1. The molecule has 0 saturated carbocycles. The Morgan fingerprint density at radius 2 is 2.09 bits per heavy atom.